The third kappa shape index (κ3) is 5.11. The van der Waals surface area contributed by atoms with Crippen LogP contribution in [0.4, 0.5) is 5.69 Å². The zero-order valence-corrected chi connectivity index (χ0v) is 21.4. The number of nitrogens with zero attached hydrogens (tertiary/aromatic N) is 1. The molecule has 2 aromatic carbocycles. The van der Waals surface area contributed by atoms with E-state index < -0.39 is 35.8 Å². The Morgan fingerprint density at radius 2 is 1.76 bits per heavy atom. The lowest BCUT2D eigenvalue weighted by Gasteiger charge is -2.34. The number of methoxy groups -OCH3 is 1. The average Bonchev–Trinajstić information content (AvgIpc) is 3.21. The van der Waals surface area contributed by atoms with Gasteiger partial charge in [0.25, 0.3) is 0 Å². The van der Waals surface area contributed by atoms with Crippen molar-refractivity contribution in [2.45, 2.75) is 32.4 Å². The van der Waals surface area contributed by atoms with Gasteiger partial charge in [0.1, 0.15) is 11.8 Å². The molecule has 0 aromatic heterocycles. The van der Waals surface area contributed by atoms with Crippen molar-refractivity contribution < 1.29 is 29.0 Å². The first kappa shape index (κ1) is 26.4. The molecule has 2 aliphatic rings. The van der Waals surface area contributed by atoms with Gasteiger partial charge in [-0.15, -0.1) is 0 Å². The van der Waals surface area contributed by atoms with Crippen LogP contribution in [0.3, 0.4) is 0 Å². The molecule has 1 fully saturated rings. The zero-order chi connectivity index (χ0) is 26.5. The fourth-order valence-corrected chi connectivity index (χ4v) is 5.65. The van der Waals surface area contributed by atoms with Crippen molar-refractivity contribution >= 4 is 23.5 Å². The van der Waals surface area contributed by atoms with E-state index >= 15 is 0 Å². The van der Waals surface area contributed by atoms with Crippen LogP contribution in [-0.4, -0.2) is 54.2 Å². The van der Waals surface area contributed by atoms with Crippen molar-refractivity contribution in [3.63, 3.8) is 0 Å². The number of ether oxygens (including phenoxy) is 2. The Balaban J connectivity index is 1.77. The van der Waals surface area contributed by atoms with Gasteiger partial charge in [0.15, 0.2) is 0 Å². The third-order valence-corrected chi connectivity index (χ3v) is 7.40. The molecule has 2 N–H and O–H groups in total. The van der Waals surface area contributed by atoms with E-state index in [0.29, 0.717) is 23.4 Å². The fraction of sp³-hybridized carbons (Fsp3) is 0.414. The Morgan fingerprint density at radius 3 is 2.35 bits per heavy atom. The molecule has 4 rings (SSSR count). The molecule has 0 spiro atoms. The summed E-state index contributed by atoms with van der Waals surface area (Å²) in [6.07, 6.45) is 4.48. The van der Waals surface area contributed by atoms with Crippen molar-refractivity contribution in [3.05, 3.63) is 72.3 Å². The van der Waals surface area contributed by atoms with Crippen molar-refractivity contribution in [2.24, 2.45) is 23.7 Å². The predicted molar refractivity (Wildman–Crippen MR) is 139 cm³/mol. The van der Waals surface area contributed by atoms with Gasteiger partial charge in [0.05, 0.1) is 38.2 Å². The Hall–Kier alpha value is -3.65. The first-order valence-electron chi connectivity index (χ1n) is 12.7. The molecule has 0 bridgehead atoms. The van der Waals surface area contributed by atoms with E-state index in [4.69, 9.17) is 9.47 Å². The molecule has 37 heavy (non-hydrogen) atoms. The van der Waals surface area contributed by atoms with Gasteiger partial charge in [0, 0.05) is 11.6 Å². The quantitative estimate of drug-likeness (QED) is 0.398. The summed E-state index contributed by atoms with van der Waals surface area (Å²) in [5, 5.41) is 13.4. The maximum Gasteiger partial charge on any atom is 0.310 e. The number of aliphatic hydroxyl groups excluding tert-OH is 1. The number of amides is 2. The fourth-order valence-electron chi connectivity index (χ4n) is 5.65. The molecule has 6 atom stereocenters. The smallest absolute Gasteiger partial charge is 0.310 e. The highest BCUT2D eigenvalue weighted by Crippen LogP contribution is 2.48. The molecule has 1 heterocycles. The summed E-state index contributed by atoms with van der Waals surface area (Å²) < 4.78 is 10.6. The highest BCUT2D eigenvalue weighted by atomic mass is 16.5. The molecule has 1 aliphatic heterocycles. The van der Waals surface area contributed by atoms with Crippen molar-refractivity contribution in [1.82, 2.24) is 4.90 Å². The summed E-state index contributed by atoms with van der Waals surface area (Å²) in [5.41, 5.74) is 1.26. The zero-order valence-electron chi connectivity index (χ0n) is 21.4. The maximum absolute atomic E-state index is 14.1. The SMILES string of the molecule is CCOC(=O)[C@H]1[C@H]2C(=O)N([C@H](CO)c3ccccc3)[C@H](C(=O)Nc3ccc(OC)cc3)[C@H]2C=C[C@H]1CC. The highest BCUT2D eigenvalue weighted by Gasteiger charge is 2.59. The molecular formula is C29H34N2O6. The van der Waals surface area contributed by atoms with E-state index in [1.807, 2.05) is 49.4 Å². The molecule has 196 valence electrons. The number of nitrogens with one attached hydrogen (secondary N) is 1. The lowest BCUT2D eigenvalue weighted by atomic mass is 9.69. The molecule has 2 amide bonds. The summed E-state index contributed by atoms with van der Waals surface area (Å²) in [6, 6.07) is 14.4. The molecule has 0 unspecified atom stereocenters. The minimum absolute atomic E-state index is 0.182. The largest absolute Gasteiger partial charge is 0.497 e. The summed E-state index contributed by atoms with van der Waals surface area (Å²) in [7, 11) is 1.56. The van der Waals surface area contributed by atoms with Crippen molar-refractivity contribution in [2.75, 3.05) is 25.6 Å². The Kier molecular flexibility index (Phi) is 8.28. The first-order valence-corrected chi connectivity index (χ1v) is 12.7. The highest BCUT2D eigenvalue weighted by molar-refractivity contribution is 6.01. The van der Waals surface area contributed by atoms with Gasteiger partial charge < -0.3 is 24.8 Å². The van der Waals surface area contributed by atoms with Crippen LogP contribution in [0.15, 0.2) is 66.7 Å². The number of aliphatic hydroxyl groups is 1. The van der Waals surface area contributed by atoms with E-state index in [0.717, 1.165) is 0 Å². The van der Waals surface area contributed by atoms with Crippen LogP contribution in [0.1, 0.15) is 31.9 Å². The van der Waals surface area contributed by atoms with Crippen molar-refractivity contribution in [1.29, 1.82) is 0 Å². The normalized spacial score (nSPS) is 25.4. The van der Waals surface area contributed by atoms with E-state index in [2.05, 4.69) is 5.32 Å². The molecule has 0 saturated carbocycles. The second-order valence-corrected chi connectivity index (χ2v) is 9.36. The minimum atomic E-state index is -0.928. The molecular weight excluding hydrogens is 472 g/mol. The van der Waals surface area contributed by atoms with Crippen LogP contribution in [0.5, 0.6) is 5.75 Å². The van der Waals surface area contributed by atoms with Gasteiger partial charge in [-0.05, 0) is 49.1 Å². The van der Waals surface area contributed by atoms with E-state index in [9.17, 15) is 19.5 Å². The molecule has 1 saturated heterocycles. The van der Waals surface area contributed by atoms with Gasteiger partial charge in [-0.25, -0.2) is 0 Å². The lowest BCUT2D eigenvalue weighted by Crippen LogP contribution is -2.46. The van der Waals surface area contributed by atoms with Crippen LogP contribution in [-0.2, 0) is 19.1 Å². The summed E-state index contributed by atoms with van der Waals surface area (Å²) in [4.78, 5) is 42.5. The van der Waals surface area contributed by atoms with E-state index in [-0.39, 0.29) is 30.9 Å². The number of allylic oxidation sites excluding steroid dienone is 1. The molecule has 8 nitrogen and oxygen atoms in total. The minimum Gasteiger partial charge on any atom is -0.497 e. The number of carbonyl (C=O) groups is 3. The number of rotatable bonds is 9. The average molecular weight is 507 g/mol. The van der Waals surface area contributed by atoms with Crippen LogP contribution >= 0.6 is 0 Å². The number of anilines is 1. The van der Waals surface area contributed by atoms with Gasteiger partial charge in [0.2, 0.25) is 11.8 Å². The number of hydrogen-bond donors (Lipinski definition) is 2. The van der Waals surface area contributed by atoms with Crippen LogP contribution in [0.2, 0.25) is 0 Å². The number of hydrogen-bond acceptors (Lipinski definition) is 6. The van der Waals surface area contributed by atoms with Crippen molar-refractivity contribution in [3.8, 4) is 5.75 Å². The standard InChI is InChI=1S/C29H34N2O6/c1-4-18-11-16-22-25(24(18)29(35)37-5-2)28(34)31(23(17-32)19-9-7-6-8-10-19)26(22)27(33)30-20-12-14-21(36-3)15-13-20/h6-16,18,22-26,32H,4-5,17H2,1-3H3,(H,30,33)/t18-,22+,23-,24-,25+,26+/m1/s1. The Morgan fingerprint density at radius 1 is 1.05 bits per heavy atom. The number of benzene rings is 2. The van der Waals surface area contributed by atoms with E-state index in [1.54, 1.807) is 38.3 Å². The van der Waals surface area contributed by atoms with Gasteiger partial charge in [-0.1, -0.05) is 49.4 Å². The van der Waals surface area contributed by atoms with Gasteiger partial charge in [-0.2, -0.15) is 0 Å². The first-order chi connectivity index (χ1) is 17.9. The molecule has 1 aliphatic carbocycles. The lowest BCUT2D eigenvalue weighted by molar-refractivity contribution is -0.156. The van der Waals surface area contributed by atoms with Crippen LogP contribution in [0.25, 0.3) is 0 Å². The summed E-state index contributed by atoms with van der Waals surface area (Å²) >= 11 is 0. The molecule has 2 aromatic rings. The van der Waals surface area contributed by atoms with Crippen LogP contribution in [0, 0.1) is 23.7 Å². The van der Waals surface area contributed by atoms with E-state index in [1.165, 1.54) is 4.90 Å². The Bertz CT molecular complexity index is 1130. The number of esters is 1. The third-order valence-electron chi connectivity index (χ3n) is 7.40. The topological polar surface area (TPSA) is 105 Å². The Labute approximate surface area is 217 Å². The maximum atomic E-state index is 14.1. The monoisotopic (exact) mass is 506 g/mol. The predicted octanol–water partition coefficient (Wildman–Crippen LogP) is 3.59. The second kappa shape index (κ2) is 11.6. The van der Waals surface area contributed by atoms with Crippen LogP contribution < -0.4 is 10.1 Å². The number of likely N-dealkylation sites (tertiary alicyclic amines) is 1. The molecule has 8 heteroatoms. The summed E-state index contributed by atoms with van der Waals surface area (Å²) in [6.45, 7) is 3.54. The molecule has 0 radical (unpaired) electrons. The summed E-state index contributed by atoms with van der Waals surface area (Å²) in [5.74, 6) is -2.70. The second-order valence-electron chi connectivity index (χ2n) is 9.36. The van der Waals surface area contributed by atoms with Gasteiger partial charge >= 0.3 is 5.97 Å². The number of fused-ring (bicyclic) bond motifs is 1. The van der Waals surface area contributed by atoms with Gasteiger partial charge in [-0.3, -0.25) is 14.4 Å². The number of carbonyl (C=O) groups excluding carboxylic acids is 3.